The van der Waals surface area contributed by atoms with Crippen molar-refractivity contribution in [1.82, 2.24) is 5.32 Å². The highest BCUT2D eigenvalue weighted by molar-refractivity contribution is 5.98. The van der Waals surface area contributed by atoms with Gasteiger partial charge in [-0.15, -0.1) is 0 Å². The first kappa shape index (κ1) is 17.2. The van der Waals surface area contributed by atoms with Crippen LogP contribution in [-0.2, 0) is 4.79 Å². The van der Waals surface area contributed by atoms with Crippen molar-refractivity contribution in [2.24, 2.45) is 17.6 Å². The van der Waals surface area contributed by atoms with Gasteiger partial charge in [-0.05, 0) is 37.5 Å². The number of amides is 2. The van der Waals surface area contributed by atoms with Gasteiger partial charge < -0.3 is 16.4 Å². The topological polar surface area (TPSA) is 84.2 Å². The smallest absolute Gasteiger partial charge is 0.251 e. The second-order valence-corrected chi connectivity index (χ2v) is 5.46. The summed E-state index contributed by atoms with van der Waals surface area (Å²) in [6.07, 6.45) is 0. The molecule has 0 aliphatic heterocycles. The minimum Gasteiger partial charge on any atom is -0.352 e. The summed E-state index contributed by atoms with van der Waals surface area (Å²) in [7, 11) is 0. The monoisotopic (exact) mass is 291 g/mol. The van der Waals surface area contributed by atoms with Gasteiger partial charge in [0.1, 0.15) is 0 Å². The van der Waals surface area contributed by atoms with Crippen molar-refractivity contribution in [1.29, 1.82) is 0 Å². The van der Waals surface area contributed by atoms with E-state index in [4.69, 9.17) is 5.73 Å². The van der Waals surface area contributed by atoms with E-state index in [1.54, 1.807) is 12.1 Å². The van der Waals surface area contributed by atoms with E-state index in [0.717, 1.165) is 5.56 Å². The Balaban J connectivity index is 2.94. The third-order valence-electron chi connectivity index (χ3n) is 3.49. The van der Waals surface area contributed by atoms with E-state index < -0.39 is 0 Å². The fourth-order valence-corrected chi connectivity index (χ4v) is 2.07. The number of nitrogens with two attached hydrogens (primary N) is 1. The maximum Gasteiger partial charge on any atom is 0.251 e. The van der Waals surface area contributed by atoms with Crippen molar-refractivity contribution in [3.8, 4) is 0 Å². The van der Waals surface area contributed by atoms with Crippen LogP contribution in [0.2, 0.25) is 0 Å². The highest BCUT2D eigenvalue weighted by Gasteiger charge is 2.21. The Kier molecular flexibility index (Phi) is 6.37. The zero-order valence-electron chi connectivity index (χ0n) is 13.2. The summed E-state index contributed by atoms with van der Waals surface area (Å²) in [5, 5.41) is 5.62. The predicted octanol–water partition coefficient (Wildman–Crippen LogP) is 1.91. The number of aryl methyl sites for hydroxylation is 1. The number of hydrogen-bond acceptors (Lipinski definition) is 3. The molecule has 1 atom stereocenters. The van der Waals surface area contributed by atoms with Gasteiger partial charge in [-0.25, -0.2) is 0 Å². The molecule has 116 valence electrons. The van der Waals surface area contributed by atoms with Crippen molar-refractivity contribution in [3.63, 3.8) is 0 Å². The molecule has 5 nitrogen and oxygen atoms in total. The third-order valence-corrected chi connectivity index (χ3v) is 3.49. The van der Waals surface area contributed by atoms with Crippen molar-refractivity contribution in [2.45, 2.75) is 27.7 Å². The number of nitrogens with one attached hydrogen (secondary N) is 2. The molecule has 0 spiro atoms. The van der Waals surface area contributed by atoms with Gasteiger partial charge in [0.2, 0.25) is 5.91 Å². The van der Waals surface area contributed by atoms with E-state index >= 15 is 0 Å². The summed E-state index contributed by atoms with van der Waals surface area (Å²) in [5.41, 5.74) is 7.76. The highest BCUT2D eigenvalue weighted by Crippen LogP contribution is 2.19. The van der Waals surface area contributed by atoms with Crippen LogP contribution in [0.4, 0.5) is 5.69 Å². The fraction of sp³-hybridized carbons (Fsp3) is 0.500. The van der Waals surface area contributed by atoms with Gasteiger partial charge in [0, 0.05) is 24.3 Å². The van der Waals surface area contributed by atoms with Crippen LogP contribution in [-0.4, -0.2) is 24.9 Å². The van der Waals surface area contributed by atoms with E-state index in [2.05, 4.69) is 10.6 Å². The SMILES string of the molecule is CCNC(=O)c1ccc(C)c(NC(=O)C(CN)C(C)C)c1. The Hall–Kier alpha value is -1.88. The lowest BCUT2D eigenvalue weighted by Gasteiger charge is -2.19. The number of benzene rings is 1. The Morgan fingerprint density at radius 3 is 2.48 bits per heavy atom. The van der Waals surface area contributed by atoms with E-state index in [1.165, 1.54) is 0 Å². The van der Waals surface area contributed by atoms with Crippen LogP contribution in [0.15, 0.2) is 18.2 Å². The van der Waals surface area contributed by atoms with Gasteiger partial charge in [-0.2, -0.15) is 0 Å². The van der Waals surface area contributed by atoms with Gasteiger partial charge in [0.15, 0.2) is 0 Å². The average molecular weight is 291 g/mol. The summed E-state index contributed by atoms with van der Waals surface area (Å²) < 4.78 is 0. The quantitative estimate of drug-likeness (QED) is 0.748. The first-order valence-corrected chi connectivity index (χ1v) is 7.30. The van der Waals surface area contributed by atoms with Crippen LogP contribution in [0.1, 0.15) is 36.7 Å². The molecule has 1 aromatic rings. The number of carbonyl (C=O) groups excluding carboxylic acids is 2. The molecule has 0 saturated heterocycles. The number of hydrogen-bond donors (Lipinski definition) is 3. The Morgan fingerprint density at radius 1 is 1.29 bits per heavy atom. The first-order valence-electron chi connectivity index (χ1n) is 7.30. The van der Waals surface area contributed by atoms with Gasteiger partial charge in [-0.3, -0.25) is 9.59 Å². The van der Waals surface area contributed by atoms with Gasteiger partial charge in [-0.1, -0.05) is 19.9 Å². The average Bonchev–Trinajstić information content (AvgIpc) is 2.41. The Bertz CT molecular complexity index is 512. The van der Waals surface area contributed by atoms with E-state index in [0.29, 0.717) is 24.3 Å². The summed E-state index contributed by atoms with van der Waals surface area (Å²) in [6, 6.07) is 5.28. The molecular weight excluding hydrogens is 266 g/mol. The molecule has 4 N–H and O–H groups in total. The van der Waals surface area contributed by atoms with Crippen molar-refractivity contribution >= 4 is 17.5 Å². The van der Waals surface area contributed by atoms with Gasteiger partial charge in [0.05, 0.1) is 5.92 Å². The van der Waals surface area contributed by atoms with Crippen LogP contribution in [0.25, 0.3) is 0 Å². The van der Waals surface area contributed by atoms with Crippen LogP contribution >= 0.6 is 0 Å². The molecule has 0 fully saturated rings. The number of rotatable bonds is 6. The third kappa shape index (κ3) is 4.56. The van der Waals surface area contributed by atoms with E-state index in [1.807, 2.05) is 33.8 Å². The molecule has 0 bridgehead atoms. The predicted molar refractivity (Wildman–Crippen MR) is 85.2 cm³/mol. The molecule has 0 heterocycles. The van der Waals surface area contributed by atoms with E-state index in [9.17, 15) is 9.59 Å². The maximum atomic E-state index is 12.3. The number of anilines is 1. The Morgan fingerprint density at radius 2 is 1.95 bits per heavy atom. The largest absolute Gasteiger partial charge is 0.352 e. The zero-order valence-corrected chi connectivity index (χ0v) is 13.2. The van der Waals surface area contributed by atoms with Crippen molar-refractivity contribution in [2.75, 3.05) is 18.4 Å². The van der Waals surface area contributed by atoms with Gasteiger partial charge in [0.25, 0.3) is 5.91 Å². The van der Waals surface area contributed by atoms with Crippen LogP contribution < -0.4 is 16.4 Å². The molecule has 2 amide bonds. The summed E-state index contributed by atoms with van der Waals surface area (Å²) in [6.45, 7) is 8.56. The number of carbonyl (C=O) groups is 2. The van der Waals surface area contributed by atoms with Crippen molar-refractivity contribution in [3.05, 3.63) is 29.3 Å². The molecule has 0 aliphatic rings. The molecule has 21 heavy (non-hydrogen) atoms. The second kappa shape index (κ2) is 7.78. The Labute approximate surface area is 126 Å². The molecule has 0 aromatic heterocycles. The lowest BCUT2D eigenvalue weighted by molar-refractivity contribution is -0.120. The molecule has 5 heteroatoms. The van der Waals surface area contributed by atoms with Crippen LogP contribution in [0.5, 0.6) is 0 Å². The molecular formula is C16H25N3O2. The standard InChI is InChI=1S/C16H25N3O2/c1-5-18-15(20)12-7-6-11(4)14(8-12)19-16(21)13(9-17)10(2)3/h6-8,10,13H,5,9,17H2,1-4H3,(H,18,20)(H,19,21). The van der Waals surface area contributed by atoms with Gasteiger partial charge >= 0.3 is 0 Å². The van der Waals surface area contributed by atoms with Crippen LogP contribution in [0, 0.1) is 18.8 Å². The lowest BCUT2D eigenvalue weighted by Crippen LogP contribution is -2.33. The summed E-state index contributed by atoms with van der Waals surface area (Å²) >= 11 is 0. The minimum absolute atomic E-state index is 0.108. The second-order valence-electron chi connectivity index (χ2n) is 5.46. The molecule has 0 saturated carbocycles. The van der Waals surface area contributed by atoms with Crippen molar-refractivity contribution < 1.29 is 9.59 Å². The first-order chi connectivity index (χ1) is 9.90. The minimum atomic E-state index is -0.238. The molecule has 0 radical (unpaired) electrons. The maximum absolute atomic E-state index is 12.3. The highest BCUT2D eigenvalue weighted by atomic mass is 16.2. The fourth-order valence-electron chi connectivity index (χ4n) is 2.07. The molecule has 1 unspecified atom stereocenters. The lowest BCUT2D eigenvalue weighted by atomic mass is 9.95. The molecule has 1 aromatic carbocycles. The molecule has 1 rings (SSSR count). The summed E-state index contributed by atoms with van der Waals surface area (Å²) in [4.78, 5) is 24.1. The van der Waals surface area contributed by atoms with Crippen LogP contribution in [0.3, 0.4) is 0 Å². The summed E-state index contributed by atoms with van der Waals surface area (Å²) in [5.74, 6) is -0.324. The van der Waals surface area contributed by atoms with E-state index in [-0.39, 0.29) is 23.7 Å². The zero-order chi connectivity index (χ0) is 16.0. The molecule has 0 aliphatic carbocycles. The normalized spacial score (nSPS) is 12.1.